The topological polar surface area (TPSA) is 105 Å². The number of nitrogen functional groups attached to an aromatic ring is 1. The van der Waals surface area contributed by atoms with Crippen LogP contribution in [0.25, 0.3) is 0 Å². The largest absolute Gasteiger partial charge is 0.397 e. The van der Waals surface area contributed by atoms with Crippen molar-refractivity contribution in [3.8, 4) is 0 Å². The molecule has 0 aliphatic carbocycles. The summed E-state index contributed by atoms with van der Waals surface area (Å²) in [7, 11) is 0. The number of nitrogens with two attached hydrogens (primary N) is 1. The van der Waals surface area contributed by atoms with Gasteiger partial charge in [0, 0.05) is 40.6 Å². The molecule has 1 aromatic heterocycles. The van der Waals surface area contributed by atoms with Crippen molar-refractivity contribution < 1.29 is 14.3 Å². The first-order chi connectivity index (χ1) is 16.3. The Morgan fingerprint density at radius 3 is 2.65 bits per heavy atom. The Kier molecular flexibility index (Phi) is 9.35. The fourth-order valence-electron chi connectivity index (χ4n) is 3.14. The van der Waals surface area contributed by atoms with Crippen molar-refractivity contribution in [2.24, 2.45) is 0 Å². The third kappa shape index (κ3) is 6.73. The summed E-state index contributed by atoms with van der Waals surface area (Å²) in [5, 5.41) is 9.90. The minimum Gasteiger partial charge on any atom is -0.397 e. The van der Waals surface area contributed by atoms with Gasteiger partial charge in [-0.1, -0.05) is 33.6 Å². The Morgan fingerprint density at radius 2 is 1.94 bits per heavy atom. The molecule has 0 spiro atoms. The Bertz CT molecular complexity index is 1190. The number of amides is 2. The van der Waals surface area contributed by atoms with Crippen LogP contribution < -0.4 is 21.7 Å². The number of hydrogen-bond acceptors (Lipinski definition) is 6. The summed E-state index contributed by atoms with van der Waals surface area (Å²) in [4.78, 5) is 26.3. The number of aryl methyl sites for hydroxylation is 1. The average Bonchev–Trinajstić information content (AvgIpc) is 3.12. The van der Waals surface area contributed by atoms with Crippen molar-refractivity contribution in [2.75, 3.05) is 36.1 Å². The van der Waals surface area contributed by atoms with E-state index in [1.54, 1.807) is 24.3 Å². The van der Waals surface area contributed by atoms with Crippen molar-refractivity contribution in [3.63, 3.8) is 0 Å². The summed E-state index contributed by atoms with van der Waals surface area (Å²) >= 11 is 10.7. The van der Waals surface area contributed by atoms with Crippen molar-refractivity contribution in [2.45, 2.75) is 20.3 Å². The maximum atomic E-state index is 13.1. The number of nitrogens with one attached hydrogen (secondary N) is 3. The van der Waals surface area contributed by atoms with E-state index in [1.165, 1.54) is 0 Å². The number of ether oxygens (including phenoxy) is 1. The Labute approximate surface area is 216 Å². The minimum absolute atomic E-state index is 0.114. The van der Waals surface area contributed by atoms with Crippen LogP contribution >= 0.6 is 38.9 Å². The molecule has 0 saturated heterocycles. The first-order valence-electron chi connectivity index (χ1n) is 10.7. The van der Waals surface area contributed by atoms with Crippen LogP contribution in [0.15, 0.2) is 46.9 Å². The van der Waals surface area contributed by atoms with Crippen molar-refractivity contribution in [1.29, 1.82) is 0 Å². The number of carbonyl (C=O) groups excluding carboxylic acids is 2. The van der Waals surface area contributed by atoms with E-state index in [0.717, 1.165) is 21.4 Å². The first kappa shape index (κ1) is 26.0. The third-order valence-corrected chi connectivity index (χ3v) is 7.08. The van der Waals surface area contributed by atoms with E-state index in [9.17, 15) is 9.59 Å². The number of thiophene rings is 1. The molecule has 0 fully saturated rings. The second kappa shape index (κ2) is 12.2. The molecule has 3 rings (SSSR count). The number of benzene rings is 2. The lowest BCUT2D eigenvalue weighted by Crippen LogP contribution is -2.26. The number of halogens is 2. The maximum Gasteiger partial charge on any atom is 0.267 e. The summed E-state index contributed by atoms with van der Waals surface area (Å²) in [5.74, 6) is -0.762. The van der Waals surface area contributed by atoms with E-state index < -0.39 is 5.91 Å². The highest BCUT2D eigenvalue weighted by molar-refractivity contribution is 9.10. The molecule has 180 valence electrons. The lowest BCUT2D eigenvalue weighted by Gasteiger charge is -2.10. The lowest BCUT2D eigenvalue weighted by molar-refractivity contribution is 0.0946. The van der Waals surface area contributed by atoms with Gasteiger partial charge in [-0.15, -0.1) is 11.3 Å². The molecule has 0 aliphatic rings. The number of rotatable bonds is 10. The predicted octanol–water partition coefficient (Wildman–Crippen LogP) is 6.21. The van der Waals surface area contributed by atoms with Crippen LogP contribution in [0, 0.1) is 6.92 Å². The van der Waals surface area contributed by atoms with E-state index in [0.29, 0.717) is 47.6 Å². The van der Waals surface area contributed by atoms with Crippen LogP contribution in [0.5, 0.6) is 0 Å². The SMILES string of the molecule is CCOCCCNC(=O)c1c(Nc2cccc(Cl)c2)sc(C(=O)Nc2ccc(Br)c(C)c2)c1N. The summed E-state index contributed by atoms with van der Waals surface area (Å²) in [6, 6.07) is 12.6. The molecule has 3 aromatic rings. The van der Waals surface area contributed by atoms with Gasteiger partial charge in [0.05, 0.1) is 11.3 Å². The van der Waals surface area contributed by atoms with Crippen LogP contribution in [0.2, 0.25) is 5.02 Å². The zero-order valence-corrected chi connectivity index (χ0v) is 22.0. The third-order valence-electron chi connectivity index (χ3n) is 4.83. The van der Waals surface area contributed by atoms with Gasteiger partial charge in [0.15, 0.2) is 0 Å². The van der Waals surface area contributed by atoms with Gasteiger partial charge in [0.25, 0.3) is 11.8 Å². The van der Waals surface area contributed by atoms with E-state index in [-0.39, 0.29) is 22.0 Å². The zero-order valence-electron chi connectivity index (χ0n) is 18.8. The fraction of sp³-hybridized carbons (Fsp3) is 0.250. The Hall–Kier alpha value is -2.59. The molecule has 2 amide bonds. The molecule has 0 atom stereocenters. The normalized spacial score (nSPS) is 10.7. The molecule has 0 aliphatic heterocycles. The van der Waals surface area contributed by atoms with Gasteiger partial charge in [-0.3, -0.25) is 9.59 Å². The molecule has 0 radical (unpaired) electrons. The van der Waals surface area contributed by atoms with Crippen LogP contribution in [-0.2, 0) is 4.74 Å². The van der Waals surface area contributed by atoms with Gasteiger partial charge in [-0.05, 0) is 62.2 Å². The molecular formula is C24H26BrClN4O3S. The monoisotopic (exact) mass is 564 g/mol. The predicted molar refractivity (Wildman–Crippen MR) is 144 cm³/mol. The molecule has 1 heterocycles. The summed E-state index contributed by atoms with van der Waals surface area (Å²) in [6.07, 6.45) is 0.664. The minimum atomic E-state index is -0.395. The highest BCUT2D eigenvalue weighted by atomic mass is 79.9. The molecule has 10 heteroatoms. The molecule has 5 N–H and O–H groups in total. The first-order valence-corrected chi connectivity index (χ1v) is 12.7. The van der Waals surface area contributed by atoms with E-state index in [2.05, 4.69) is 31.9 Å². The summed E-state index contributed by atoms with van der Waals surface area (Å²) < 4.78 is 6.25. The second-order valence-corrected chi connectivity index (χ2v) is 9.72. The fourth-order valence-corrected chi connectivity index (χ4v) is 4.61. The Morgan fingerprint density at radius 1 is 1.15 bits per heavy atom. The summed E-state index contributed by atoms with van der Waals surface area (Å²) in [5.41, 5.74) is 8.96. The average molecular weight is 566 g/mol. The van der Waals surface area contributed by atoms with Gasteiger partial charge in [-0.2, -0.15) is 0 Å². The van der Waals surface area contributed by atoms with Crippen molar-refractivity contribution in [1.82, 2.24) is 5.32 Å². The quantitative estimate of drug-likeness (QED) is 0.219. The van der Waals surface area contributed by atoms with Gasteiger partial charge in [-0.25, -0.2) is 0 Å². The standard InChI is InChI=1S/C24H26BrClN4O3S/c1-3-33-11-5-10-28-22(31)19-20(27)21(23(32)29-17-8-9-18(25)14(2)12-17)34-24(19)30-16-7-4-6-15(26)13-16/h4,6-9,12-13,30H,3,5,10-11,27H2,1-2H3,(H,28,31)(H,29,32). The van der Waals surface area contributed by atoms with Gasteiger partial charge in [0.2, 0.25) is 0 Å². The Balaban J connectivity index is 1.87. The van der Waals surface area contributed by atoms with Crippen molar-refractivity contribution in [3.05, 3.63) is 68.0 Å². The number of anilines is 4. The molecule has 2 aromatic carbocycles. The smallest absolute Gasteiger partial charge is 0.267 e. The maximum absolute atomic E-state index is 13.1. The molecular weight excluding hydrogens is 540 g/mol. The van der Waals surface area contributed by atoms with Crippen LogP contribution in [0.4, 0.5) is 22.1 Å². The number of carbonyl (C=O) groups is 2. The second-order valence-electron chi connectivity index (χ2n) is 7.41. The van der Waals surface area contributed by atoms with E-state index in [4.69, 9.17) is 22.1 Å². The molecule has 0 unspecified atom stereocenters. The van der Waals surface area contributed by atoms with Crippen LogP contribution in [0.3, 0.4) is 0 Å². The van der Waals surface area contributed by atoms with Crippen molar-refractivity contribution >= 4 is 72.7 Å². The van der Waals surface area contributed by atoms with E-state index >= 15 is 0 Å². The van der Waals surface area contributed by atoms with Gasteiger partial charge < -0.3 is 26.4 Å². The lowest BCUT2D eigenvalue weighted by atomic mass is 10.2. The zero-order chi connectivity index (χ0) is 24.7. The van der Waals surface area contributed by atoms with Crippen LogP contribution in [-0.4, -0.2) is 31.6 Å². The van der Waals surface area contributed by atoms with Crippen LogP contribution in [0.1, 0.15) is 38.9 Å². The molecule has 0 bridgehead atoms. The molecule has 0 saturated carbocycles. The highest BCUT2D eigenvalue weighted by Gasteiger charge is 2.26. The number of hydrogen-bond donors (Lipinski definition) is 4. The molecule has 7 nitrogen and oxygen atoms in total. The van der Waals surface area contributed by atoms with Gasteiger partial charge >= 0.3 is 0 Å². The van der Waals surface area contributed by atoms with Gasteiger partial charge in [0.1, 0.15) is 9.88 Å². The van der Waals surface area contributed by atoms with E-state index in [1.807, 2.05) is 32.0 Å². The molecule has 34 heavy (non-hydrogen) atoms. The highest BCUT2D eigenvalue weighted by Crippen LogP contribution is 2.38. The summed E-state index contributed by atoms with van der Waals surface area (Å²) in [6.45, 7) is 5.44.